The lowest BCUT2D eigenvalue weighted by atomic mass is 10.1. The number of amides is 1. The first kappa shape index (κ1) is 15.0. The van der Waals surface area contributed by atoms with Crippen molar-refractivity contribution < 1.29 is 4.79 Å². The second kappa shape index (κ2) is 6.83. The molecule has 2 rings (SSSR count). The van der Waals surface area contributed by atoms with E-state index in [-0.39, 0.29) is 5.91 Å². The van der Waals surface area contributed by atoms with E-state index < -0.39 is 0 Å². The fourth-order valence-corrected chi connectivity index (χ4v) is 2.13. The van der Waals surface area contributed by atoms with Gasteiger partial charge in [-0.15, -0.1) is 0 Å². The molecule has 0 saturated carbocycles. The van der Waals surface area contributed by atoms with E-state index in [0.29, 0.717) is 12.8 Å². The summed E-state index contributed by atoms with van der Waals surface area (Å²) in [4.78, 5) is 11.8. The monoisotopic (exact) mass is 284 g/mol. The molecule has 0 unspecified atom stereocenters. The summed E-state index contributed by atoms with van der Waals surface area (Å²) in [5, 5.41) is 11.2. The van der Waals surface area contributed by atoms with E-state index in [9.17, 15) is 4.79 Å². The topological polar surface area (TPSA) is 70.1 Å². The van der Waals surface area contributed by atoms with Crippen LogP contribution in [-0.2, 0) is 11.2 Å². The van der Waals surface area contributed by atoms with Crippen molar-refractivity contribution >= 4 is 11.6 Å². The van der Waals surface area contributed by atoms with Crippen LogP contribution in [0, 0.1) is 13.8 Å². The first-order valence-electron chi connectivity index (χ1n) is 6.97. The molecule has 0 aliphatic heterocycles. The first-order chi connectivity index (χ1) is 10.1. The summed E-state index contributed by atoms with van der Waals surface area (Å²) < 4.78 is 0. The Morgan fingerprint density at radius 3 is 2.62 bits per heavy atom. The summed E-state index contributed by atoms with van der Waals surface area (Å²) in [6, 6.07) is 9.76. The highest BCUT2D eigenvalue weighted by Gasteiger charge is 2.08. The maximum Gasteiger partial charge on any atom is 0.240 e. The quantitative estimate of drug-likeness (QED) is 0.654. The molecule has 110 valence electrons. The molecule has 0 saturated heterocycles. The Bertz CT molecular complexity index is 624. The fourth-order valence-electron chi connectivity index (χ4n) is 2.13. The van der Waals surface area contributed by atoms with Gasteiger partial charge in [-0.2, -0.15) is 10.2 Å². The number of H-pyrrole nitrogens is 1. The van der Waals surface area contributed by atoms with Crippen molar-refractivity contribution in [2.24, 2.45) is 5.10 Å². The number of hydrazone groups is 1. The van der Waals surface area contributed by atoms with Gasteiger partial charge in [0.05, 0.1) is 11.4 Å². The molecule has 0 aliphatic rings. The average Bonchev–Trinajstić information content (AvgIpc) is 2.82. The molecular weight excluding hydrogens is 264 g/mol. The predicted octanol–water partition coefficient (Wildman–Crippen LogP) is 2.50. The highest BCUT2D eigenvalue weighted by molar-refractivity contribution is 5.99. The Morgan fingerprint density at radius 2 is 2.00 bits per heavy atom. The zero-order valence-electron chi connectivity index (χ0n) is 12.6. The largest absolute Gasteiger partial charge is 0.282 e. The highest BCUT2D eigenvalue weighted by atomic mass is 16.2. The minimum absolute atomic E-state index is 0.0923. The molecule has 1 aromatic heterocycles. The molecule has 0 bridgehead atoms. The van der Waals surface area contributed by atoms with Gasteiger partial charge in [-0.05, 0) is 38.3 Å². The Morgan fingerprint density at radius 1 is 1.29 bits per heavy atom. The molecule has 2 aromatic rings. The molecule has 5 nitrogen and oxygen atoms in total. The molecule has 0 spiro atoms. The number of rotatable bonds is 5. The second-order valence-electron chi connectivity index (χ2n) is 5.01. The van der Waals surface area contributed by atoms with Crippen LogP contribution >= 0.6 is 0 Å². The molecule has 5 heteroatoms. The van der Waals surface area contributed by atoms with E-state index in [1.54, 1.807) is 0 Å². The Labute approximate surface area is 124 Å². The lowest BCUT2D eigenvalue weighted by molar-refractivity contribution is -0.121. The van der Waals surface area contributed by atoms with Gasteiger partial charge in [0.25, 0.3) is 0 Å². The molecule has 21 heavy (non-hydrogen) atoms. The molecule has 0 aliphatic carbocycles. The lowest BCUT2D eigenvalue weighted by Gasteiger charge is -2.03. The summed E-state index contributed by atoms with van der Waals surface area (Å²) >= 11 is 0. The SMILES string of the molecule is CC(=NNC(=O)CCc1c(C)n[nH]c1C)c1ccccc1. The normalized spacial score (nSPS) is 11.5. The number of nitrogens with zero attached hydrogens (tertiary/aromatic N) is 2. The standard InChI is InChI=1S/C16H20N4O/c1-11(14-7-5-4-6-8-14)17-20-16(21)10-9-15-12(2)18-19-13(15)3/h4-8H,9-10H2,1-3H3,(H,18,19)(H,20,21). The molecule has 1 amide bonds. The van der Waals surface area contributed by atoms with E-state index >= 15 is 0 Å². The van der Waals surface area contributed by atoms with E-state index in [2.05, 4.69) is 20.7 Å². The van der Waals surface area contributed by atoms with Gasteiger partial charge in [0.15, 0.2) is 0 Å². The van der Waals surface area contributed by atoms with Crippen molar-refractivity contribution in [3.63, 3.8) is 0 Å². The van der Waals surface area contributed by atoms with E-state index in [1.165, 1.54) is 0 Å². The van der Waals surface area contributed by atoms with Crippen LogP contribution in [0.3, 0.4) is 0 Å². The van der Waals surface area contributed by atoms with Gasteiger partial charge >= 0.3 is 0 Å². The van der Waals surface area contributed by atoms with Gasteiger partial charge in [0, 0.05) is 12.1 Å². The minimum atomic E-state index is -0.0923. The third-order valence-electron chi connectivity index (χ3n) is 3.42. The molecule has 1 heterocycles. The molecule has 0 radical (unpaired) electrons. The van der Waals surface area contributed by atoms with Crippen molar-refractivity contribution in [1.29, 1.82) is 0 Å². The van der Waals surface area contributed by atoms with Gasteiger partial charge in [-0.1, -0.05) is 30.3 Å². The molecule has 0 fully saturated rings. The summed E-state index contributed by atoms with van der Waals surface area (Å²) in [7, 11) is 0. The average molecular weight is 284 g/mol. The van der Waals surface area contributed by atoms with Crippen LogP contribution in [0.15, 0.2) is 35.4 Å². The number of aryl methyl sites for hydroxylation is 2. The van der Waals surface area contributed by atoms with E-state index in [4.69, 9.17) is 0 Å². The number of nitrogens with one attached hydrogen (secondary N) is 2. The van der Waals surface area contributed by atoms with Crippen molar-refractivity contribution in [2.45, 2.75) is 33.6 Å². The van der Waals surface area contributed by atoms with Crippen LogP contribution in [0.5, 0.6) is 0 Å². The van der Waals surface area contributed by atoms with Crippen LogP contribution in [0.2, 0.25) is 0 Å². The highest BCUT2D eigenvalue weighted by Crippen LogP contribution is 2.11. The van der Waals surface area contributed by atoms with E-state index in [1.807, 2.05) is 51.1 Å². The number of carbonyl (C=O) groups is 1. The number of carbonyl (C=O) groups excluding carboxylic acids is 1. The summed E-state index contributed by atoms with van der Waals surface area (Å²) in [6.07, 6.45) is 1.06. The second-order valence-corrected chi connectivity index (χ2v) is 5.01. The fraction of sp³-hybridized carbons (Fsp3) is 0.312. The zero-order valence-corrected chi connectivity index (χ0v) is 12.6. The van der Waals surface area contributed by atoms with Crippen LogP contribution in [0.4, 0.5) is 0 Å². The number of hydrogen-bond acceptors (Lipinski definition) is 3. The van der Waals surface area contributed by atoms with Crippen LogP contribution < -0.4 is 5.43 Å². The smallest absolute Gasteiger partial charge is 0.240 e. The number of hydrogen-bond donors (Lipinski definition) is 2. The maximum absolute atomic E-state index is 11.8. The van der Waals surface area contributed by atoms with Gasteiger partial charge in [-0.25, -0.2) is 5.43 Å². The minimum Gasteiger partial charge on any atom is -0.282 e. The van der Waals surface area contributed by atoms with Gasteiger partial charge in [-0.3, -0.25) is 9.89 Å². The summed E-state index contributed by atoms with van der Waals surface area (Å²) in [5.74, 6) is -0.0923. The van der Waals surface area contributed by atoms with Gasteiger partial charge in [0.1, 0.15) is 0 Å². The zero-order chi connectivity index (χ0) is 15.2. The van der Waals surface area contributed by atoms with Crippen LogP contribution in [0.25, 0.3) is 0 Å². The molecule has 1 aromatic carbocycles. The predicted molar refractivity (Wildman–Crippen MR) is 83.2 cm³/mol. The van der Waals surface area contributed by atoms with E-state index in [0.717, 1.165) is 28.2 Å². The summed E-state index contributed by atoms with van der Waals surface area (Å²) in [6.45, 7) is 5.78. The Kier molecular flexibility index (Phi) is 4.87. The molecule has 2 N–H and O–H groups in total. The number of aromatic amines is 1. The Balaban J connectivity index is 1.88. The molecule has 0 atom stereocenters. The van der Waals surface area contributed by atoms with Crippen molar-refractivity contribution in [3.8, 4) is 0 Å². The van der Waals surface area contributed by atoms with Gasteiger partial charge in [0.2, 0.25) is 5.91 Å². The van der Waals surface area contributed by atoms with Gasteiger partial charge < -0.3 is 0 Å². The lowest BCUT2D eigenvalue weighted by Crippen LogP contribution is -2.19. The van der Waals surface area contributed by atoms with Crippen molar-refractivity contribution in [1.82, 2.24) is 15.6 Å². The number of aromatic nitrogens is 2. The summed E-state index contributed by atoms with van der Waals surface area (Å²) in [5.41, 5.74) is 7.46. The first-order valence-corrected chi connectivity index (χ1v) is 6.97. The van der Waals surface area contributed by atoms with Crippen LogP contribution in [0.1, 0.15) is 35.9 Å². The van der Waals surface area contributed by atoms with Crippen LogP contribution in [-0.4, -0.2) is 21.8 Å². The Hall–Kier alpha value is -2.43. The van der Waals surface area contributed by atoms with Crippen molar-refractivity contribution in [3.05, 3.63) is 52.8 Å². The third kappa shape index (κ3) is 4.02. The number of benzene rings is 1. The molecular formula is C16H20N4O. The third-order valence-corrected chi connectivity index (χ3v) is 3.42. The van der Waals surface area contributed by atoms with Crippen molar-refractivity contribution in [2.75, 3.05) is 0 Å². The maximum atomic E-state index is 11.8.